The fourth-order valence-electron chi connectivity index (χ4n) is 1.34. The van der Waals surface area contributed by atoms with Crippen molar-refractivity contribution in [3.63, 3.8) is 0 Å². The van der Waals surface area contributed by atoms with E-state index in [2.05, 4.69) is 6.92 Å². The SMILES string of the molecule is CCC(CCO)CC(C)(C)O. The molecular weight excluding hydrogens is 140 g/mol. The van der Waals surface area contributed by atoms with E-state index >= 15 is 0 Å². The van der Waals surface area contributed by atoms with Gasteiger partial charge in [0.1, 0.15) is 0 Å². The summed E-state index contributed by atoms with van der Waals surface area (Å²) >= 11 is 0. The lowest BCUT2D eigenvalue weighted by atomic mass is 9.89. The minimum atomic E-state index is -0.587. The first-order chi connectivity index (χ1) is 4.99. The van der Waals surface area contributed by atoms with Crippen molar-refractivity contribution >= 4 is 0 Å². The van der Waals surface area contributed by atoms with E-state index in [0.717, 1.165) is 19.3 Å². The minimum Gasteiger partial charge on any atom is -0.396 e. The molecule has 0 aromatic carbocycles. The summed E-state index contributed by atoms with van der Waals surface area (Å²) < 4.78 is 0. The van der Waals surface area contributed by atoms with Crippen molar-refractivity contribution in [2.45, 2.75) is 45.6 Å². The molecule has 0 aliphatic carbocycles. The summed E-state index contributed by atoms with van der Waals surface area (Å²) in [6.07, 6.45) is 2.62. The van der Waals surface area contributed by atoms with E-state index < -0.39 is 5.60 Å². The molecule has 1 unspecified atom stereocenters. The van der Waals surface area contributed by atoms with Gasteiger partial charge in [0.05, 0.1) is 5.60 Å². The maximum atomic E-state index is 9.46. The molecule has 68 valence electrons. The zero-order chi connectivity index (χ0) is 8.91. The number of hydrogen-bond acceptors (Lipinski definition) is 2. The van der Waals surface area contributed by atoms with E-state index in [-0.39, 0.29) is 6.61 Å². The van der Waals surface area contributed by atoms with Crippen LogP contribution in [-0.4, -0.2) is 22.4 Å². The smallest absolute Gasteiger partial charge is 0.0594 e. The van der Waals surface area contributed by atoms with Crippen LogP contribution in [0.2, 0.25) is 0 Å². The van der Waals surface area contributed by atoms with Gasteiger partial charge in [-0.25, -0.2) is 0 Å². The highest BCUT2D eigenvalue weighted by Crippen LogP contribution is 2.21. The van der Waals surface area contributed by atoms with Crippen LogP contribution in [0.4, 0.5) is 0 Å². The Morgan fingerprint density at radius 2 is 1.91 bits per heavy atom. The highest BCUT2D eigenvalue weighted by atomic mass is 16.3. The van der Waals surface area contributed by atoms with Gasteiger partial charge in [-0.15, -0.1) is 0 Å². The summed E-state index contributed by atoms with van der Waals surface area (Å²) in [5, 5.41) is 18.1. The van der Waals surface area contributed by atoms with Crippen molar-refractivity contribution in [3.05, 3.63) is 0 Å². The van der Waals surface area contributed by atoms with Crippen LogP contribution in [0.25, 0.3) is 0 Å². The quantitative estimate of drug-likeness (QED) is 0.640. The van der Waals surface area contributed by atoms with Crippen molar-refractivity contribution in [2.75, 3.05) is 6.61 Å². The van der Waals surface area contributed by atoms with Gasteiger partial charge in [0.25, 0.3) is 0 Å². The van der Waals surface area contributed by atoms with E-state index in [1.165, 1.54) is 0 Å². The normalized spacial score (nSPS) is 15.0. The van der Waals surface area contributed by atoms with Crippen LogP contribution in [-0.2, 0) is 0 Å². The summed E-state index contributed by atoms with van der Waals surface area (Å²) in [4.78, 5) is 0. The lowest BCUT2D eigenvalue weighted by Gasteiger charge is -2.23. The minimum absolute atomic E-state index is 0.231. The standard InChI is InChI=1S/C9H20O2/c1-4-8(5-6-10)7-9(2,3)11/h8,10-11H,4-7H2,1-3H3. The molecule has 0 saturated carbocycles. The van der Waals surface area contributed by atoms with Crippen LogP contribution < -0.4 is 0 Å². The number of aliphatic hydroxyl groups excluding tert-OH is 1. The van der Waals surface area contributed by atoms with Crippen molar-refractivity contribution in [3.8, 4) is 0 Å². The maximum Gasteiger partial charge on any atom is 0.0594 e. The molecule has 0 bridgehead atoms. The van der Waals surface area contributed by atoms with Crippen LogP contribution in [0.3, 0.4) is 0 Å². The van der Waals surface area contributed by atoms with Crippen LogP contribution in [0, 0.1) is 5.92 Å². The van der Waals surface area contributed by atoms with Gasteiger partial charge in [0.15, 0.2) is 0 Å². The molecule has 0 aliphatic rings. The summed E-state index contributed by atoms with van der Waals surface area (Å²) in [5.41, 5.74) is -0.587. The van der Waals surface area contributed by atoms with Gasteiger partial charge < -0.3 is 10.2 Å². The predicted molar refractivity (Wildman–Crippen MR) is 46.4 cm³/mol. The summed E-state index contributed by atoms with van der Waals surface area (Å²) in [6, 6.07) is 0. The molecular formula is C9H20O2. The molecule has 11 heavy (non-hydrogen) atoms. The van der Waals surface area contributed by atoms with E-state index in [1.54, 1.807) is 0 Å². The Hall–Kier alpha value is -0.0800. The largest absolute Gasteiger partial charge is 0.396 e. The van der Waals surface area contributed by atoms with E-state index in [4.69, 9.17) is 5.11 Å². The second kappa shape index (κ2) is 4.73. The topological polar surface area (TPSA) is 40.5 Å². The Labute approximate surface area is 69.2 Å². The Bertz CT molecular complexity index is 94.2. The van der Waals surface area contributed by atoms with Gasteiger partial charge in [-0.1, -0.05) is 13.3 Å². The zero-order valence-corrected chi connectivity index (χ0v) is 7.80. The molecule has 0 rings (SSSR count). The van der Waals surface area contributed by atoms with Gasteiger partial charge in [-0.2, -0.15) is 0 Å². The van der Waals surface area contributed by atoms with Gasteiger partial charge in [0, 0.05) is 6.61 Å². The Morgan fingerprint density at radius 3 is 2.18 bits per heavy atom. The molecule has 0 aliphatic heterocycles. The fourth-order valence-corrected chi connectivity index (χ4v) is 1.34. The molecule has 2 N–H and O–H groups in total. The summed E-state index contributed by atoms with van der Waals surface area (Å²) in [5.74, 6) is 0.458. The maximum absolute atomic E-state index is 9.46. The monoisotopic (exact) mass is 160 g/mol. The molecule has 0 heterocycles. The second-order valence-corrected chi connectivity index (χ2v) is 3.80. The number of hydrogen-bond donors (Lipinski definition) is 2. The third kappa shape index (κ3) is 6.32. The molecule has 1 atom stereocenters. The first-order valence-corrected chi connectivity index (χ1v) is 4.33. The molecule has 0 aromatic rings. The van der Waals surface area contributed by atoms with Gasteiger partial charge >= 0.3 is 0 Å². The van der Waals surface area contributed by atoms with Crippen LogP contribution in [0.15, 0.2) is 0 Å². The predicted octanol–water partition coefficient (Wildman–Crippen LogP) is 1.56. The molecule has 0 saturated heterocycles. The molecule has 2 heteroatoms. The molecule has 2 nitrogen and oxygen atoms in total. The first-order valence-electron chi connectivity index (χ1n) is 4.33. The number of rotatable bonds is 5. The van der Waals surface area contributed by atoms with Gasteiger partial charge in [0.2, 0.25) is 0 Å². The van der Waals surface area contributed by atoms with Crippen LogP contribution in [0.1, 0.15) is 40.0 Å². The van der Waals surface area contributed by atoms with E-state index in [9.17, 15) is 5.11 Å². The van der Waals surface area contributed by atoms with Crippen molar-refractivity contribution in [1.82, 2.24) is 0 Å². The second-order valence-electron chi connectivity index (χ2n) is 3.80. The average Bonchev–Trinajstić information content (AvgIpc) is 1.84. The number of aliphatic hydroxyl groups is 2. The van der Waals surface area contributed by atoms with Gasteiger partial charge in [-0.05, 0) is 32.6 Å². The third-order valence-electron chi connectivity index (χ3n) is 1.90. The lowest BCUT2D eigenvalue weighted by Crippen LogP contribution is -2.23. The summed E-state index contributed by atoms with van der Waals surface area (Å²) in [6.45, 7) is 5.95. The van der Waals surface area contributed by atoms with Crippen molar-refractivity contribution in [2.24, 2.45) is 5.92 Å². The fraction of sp³-hybridized carbons (Fsp3) is 1.00. The highest BCUT2D eigenvalue weighted by Gasteiger charge is 2.18. The molecule has 0 fully saturated rings. The van der Waals surface area contributed by atoms with Crippen molar-refractivity contribution < 1.29 is 10.2 Å². The average molecular weight is 160 g/mol. The molecule has 0 radical (unpaired) electrons. The Balaban J connectivity index is 3.68. The molecule has 0 amide bonds. The van der Waals surface area contributed by atoms with E-state index in [1.807, 2.05) is 13.8 Å². The highest BCUT2D eigenvalue weighted by molar-refractivity contribution is 4.70. The zero-order valence-electron chi connectivity index (χ0n) is 7.80. The molecule has 0 spiro atoms. The first kappa shape index (κ1) is 10.9. The Morgan fingerprint density at radius 1 is 1.36 bits per heavy atom. The van der Waals surface area contributed by atoms with Gasteiger partial charge in [-0.3, -0.25) is 0 Å². The molecule has 0 aromatic heterocycles. The summed E-state index contributed by atoms with van der Waals surface area (Å²) in [7, 11) is 0. The van der Waals surface area contributed by atoms with Crippen LogP contribution >= 0.6 is 0 Å². The van der Waals surface area contributed by atoms with Crippen molar-refractivity contribution in [1.29, 1.82) is 0 Å². The van der Waals surface area contributed by atoms with E-state index in [0.29, 0.717) is 5.92 Å². The lowest BCUT2D eigenvalue weighted by molar-refractivity contribution is 0.0471. The van der Waals surface area contributed by atoms with Crippen LogP contribution in [0.5, 0.6) is 0 Å². The Kier molecular flexibility index (Phi) is 4.69. The third-order valence-corrected chi connectivity index (χ3v) is 1.90.